The van der Waals surface area contributed by atoms with Gasteiger partial charge in [-0.05, 0) is 31.4 Å². The predicted octanol–water partition coefficient (Wildman–Crippen LogP) is 3.40. The molecule has 0 heterocycles. The van der Waals surface area contributed by atoms with Gasteiger partial charge in [0.05, 0.1) is 27.9 Å². The lowest BCUT2D eigenvalue weighted by Crippen LogP contribution is -2.37. The van der Waals surface area contributed by atoms with Crippen LogP contribution in [0.3, 0.4) is 0 Å². The van der Waals surface area contributed by atoms with Crippen molar-refractivity contribution in [1.82, 2.24) is 10.6 Å². The molecule has 0 saturated carbocycles. The summed E-state index contributed by atoms with van der Waals surface area (Å²) in [5.41, 5.74) is 2.28. The van der Waals surface area contributed by atoms with Gasteiger partial charge in [0.1, 0.15) is 5.75 Å². The molecule has 0 saturated heterocycles. The van der Waals surface area contributed by atoms with Gasteiger partial charge < -0.3 is 24.8 Å². The van der Waals surface area contributed by atoms with Crippen molar-refractivity contribution in [1.29, 1.82) is 0 Å². The molecule has 0 aliphatic rings. The second-order valence-corrected chi connectivity index (χ2v) is 6.23. The monoisotopic (exact) mass is 385 g/mol. The molecule has 6 nitrogen and oxygen atoms in total. The van der Waals surface area contributed by atoms with Crippen LogP contribution >= 0.6 is 0 Å². The molecule has 0 aliphatic carbocycles. The van der Waals surface area contributed by atoms with Crippen LogP contribution < -0.4 is 24.8 Å². The number of methoxy groups -OCH3 is 3. The van der Waals surface area contributed by atoms with Gasteiger partial charge in [-0.2, -0.15) is 0 Å². The average molecular weight is 386 g/mol. The predicted molar refractivity (Wildman–Crippen MR) is 114 cm³/mol. The third-order valence-electron chi connectivity index (χ3n) is 4.32. The summed E-state index contributed by atoms with van der Waals surface area (Å²) in [4.78, 5) is 4.69. The van der Waals surface area contributed by atoms with E-state index in [-0.39, 0.29) is 0 Å². The van der Waals surface area contributed by atoms with Gasteiger partial charge in [0, 0.05) is 24.7 Å². The topological polar surface area (TPSA) is 64.1 Å². The van der Waals surface area contributed by atoms with Crippen molar-refractivity contribution in [2.45, 2.75) is 26.3 Å². The summed E-state index contributed by atoms with van der Waals surface area (Å²) < 4.78 is 16.2. The summed E-state index contributed by atoms with van der Waals surface area (Å²) in [7, 11) is 4.87. The molecule has 0 aliphatic heterocycles. The number of aryl methyl sites for hydroxylation is 1. The zero-order valence-electron chi connectivity index (χ0n) is 17.2. The van der Waals surface area contributed by atoms with E-state index in [0.717, 1.165) is 43.2 Å². The minimum Gasteiger partial charge on any atom is -0.496 e. The van der Waals surface area contributed by atoms with E-state index < -0.39 is 0 Å². The molecule has 0 spiro atoms. The van der Waals surface area contributed by atoms with Crippen LogP contribution in [0, 0.1) is 0 Å². The van der Waals surface area contributed by atoms with Gasteiger partial charge in [0.15, 0.2) is 17.5 Å². The van der Waals surface area contributed by atoms with Gasteiger partial charge >= 0.3 is 0 Å². The standard InChI is InChI=1S/C22H31N3O3/c1-5-23-22(24-13-9-12-17-10-7-6-8-11-17)25-16-18-14-20(27-3)21(28-4)15-19(18)26-2/h6-8,10-11,14-15H,5,9,12-13,16H2,1-4H3,(H2,23,24,25). The lowest BCUT2D eigenvalue weighted by molar-refractivity contribution is 0.347. The van der Waals surface area contributed by atoms with Crippen molar-refractivity contribution in [3.05, 3.63) is 53.6 Å². The highest BCUT2D eigenvalue weighted by Crippen LogP contribution is 2.34. The number of ether oxygens (including phenoxy) is 3. The SMILES string of the molecule is CCNC(=NCc1cc(OC)c(OC)cc1OC)NCCCc1ccccc1. The molecule has 0 atom stereocenters. The van der Waals surface area contributed by atoms with Gasteiger partial charge in [-0.15, -0.1) is 0 Å². The van der Waals surface area contributed by atoms with Crippen LogP contribution in [0.25, 0.3) is 0 Å². The van der Waals surface area contributed by atoms with E-state index in [4.69, 9.17) is 14.2 Å². The second kappa shape index (κ2) is 11.7. The highest BCUT2D eigenvalue weighted by atomic mass is 16.5. The first kappa shape index (κ1) is 21.4. The Balaban J connectivity index is 1.99. The van der Waals surface area contributed by atoms with Gasteiger partial charge in [-0.1, -0.05) is 30.3 Å². The van der Waals surface area contributed by atoms with Crippen molar-refractivity contribution < 1.29 is 14.2 Å². The van der Waals surface area contributed by atoms with Crippen molar-refractivity contribution >= 4 is 5.96 Å². The van der Waals surface area contributed by atoms with E-state index >= 15 is 0 Å². The van der Waals surface area contributed by atoms with Gasteiger partial charge in [-0.3, -0.25) is 0 Å². The summed E-state index contributed by atoms with van der Waals surface area (Å²) in [6, 6.07) is 14.2. The van der Waals surface area contributed by atoms with Crippen LogP contribution in [0.4, 0.5) is 0 Å². The Morgan fingerprint density at radius 3 is 2.21 bits per heavy atom. The van der Waals surface area contributed by atoms with Crippen molar-refractivity contribution in [2.24, 2.45) is 4.99 Å². The molecule has 6 heteroatoms. The maximum atomic E-state index is 5.48. The Labute approximate surface area is 167 Å². The number of hydrogen-bond donors (Lipinski definition) is 2. The fraction of sp³-hybridized carbons (Fsp3) is 0.409. The second-order valence-electron chi connectivity index (χ2n) is 6.23. The molecule has 2 aromatic carbocycles. The highest BCUT2D eigenvalue weighted by Gasteiger charge is 2.11. The van der Waals surface area contributed by atoms with Crippen LogP contribution in [0.1, 0.15) is 24.5 Å². The number of nitrogens with zero attached hydrogens (tertiary/aromatic N) is 1. The average Bonchev–Trinajstić information content (AvgIpc) is 2.74. The minimum atomic E-state index is 0.470. The number of nitrogens with one attached hydrogen (secondary N) is 2. The first-order valence-corrected chi connectivity index (χ1v) is 9.56. The molecule has 0 radical (unpaired) electrons. The fourth-order valence-electron chi connectivity index (χ4n) is 2.87. The molecule has 0 unspecified atom stereocenters. The van der Waals surface area contributed by atoms with E-state index in [2.05, 4.69) is 46.8 Å². The third-order valence-corrected chi connectivity index (χ3v) is 4.32. The quantitative estimate of drug-likeness (QED) is 0.373. The van der Waals surface area contributed by atoms with Crippen LogP contribution in [-0.4, -0.2) is 40.4 Å². The molecule has 0 amide bonds. The van der Waals surface area contributed by atoms with E-state index in [1.807, 2.05) is 18.2 Å². The fourth-order valence-corrected chi connectivity index (χ4v) is 2.87. The number of guanidine groups is 1. The van der Waals surface area contributed by atoms with Crippen LogP contribution in [0.15, 0.2) is 47.5 Å². The molecule has 2 N–H and O–H groups in total. The third kappa shape index (κ3) is 6.37. The van der Waals surface area contributed by atoms with E-state index in [1.165, 1.54) is 5.56 Å². The smallest absolute Gasteiger partial charge is 0.191 e. The van der Waals surface area contributed by atoms with Crippen LogP contribution in [0.2, 0.25) is 0 Å². The maximum absolute atomic E-state index is 5.48. The largest absolute Gasteiger partial charge is 0.496 e. The Kier molecular flexibility index (Phi) is 8.98. The normalized spacial score (nSPS) is 11.1. The van der Waals surface area contributed by atoms with E-state index in [1.54, 1.807) is 21.3 Å². The van der Waals surface area contributed by atoms with Crippen LogP contribution in [-0.2, 0) is 13.0 Å². The maximum Gasteiger partial charge on any atom is 0.191 e. The van der Waals surface area contributed by atoms with Crippen molar-refractivity contribution in [3.63, 3.8) is 0 Å². The Morgan fingerprint density at radius 1 is 0.893 bits per heavy atom. The molecule has 2 aromatic rings. The van der Waals surface area contributed by atoms with Crippen molar-refractivity contribution in [3.8, 4) is 17.2 Å². The first-order valence-electron chi connectivity index (χ1n) is 9.56. The Hall–Kier alpha value is -2.89. The zero-order valence-corrected chi connectivity index (χ0v) is 17.2. The van der Waals surface area contributed by atoms with E-state index in [0.29, 0.717) is 18.0 Å². The van der Waals surface area contributed by atoms with Crippen LogP contribution in [0.5, 0.6) is 17.2 Å². The summed E-state index contributed by atoms with van der Waals surface area (Å²) in [5, 5.41) is 6.67. The molecule has 0 bridgehead atoms. The van der Waals surface area contributed by atoms with Gasteiger partial charge in [0.25, 0.3) is 0 Å². The minimum absolute atomic E-state index is 0.470. The molecule has 152 valence electrons. The molecule has 28 heavy (non-hydrogen) atoms. The number of benzene rings is 2. The molecule has 0 aromatic heterocycles. The lowest BCUT2D eigenvalue weighted by Gasteiger charge is -2.14. The highest BCUT2D eigenvalue weighted by molar-refractivity contribution is 5.79. The van der Waals surface area contributed by atoms with Gasteiger partial charge in [-0.25, -0.2) is 4.99 Å². The summed E-state index contributed by atoms with van der Waals surface area (Å²) in [6.07, 6.45) is 2.07. The first-order chi connectivity index (χ1) is 13.7. The molecular weight excluding hydrogens is 354 g/mol. The summed E-state index contributed by atoms with van der Waals surface area (Å²) >= 11 is 0. The number of hydrogen-bond acceptors (Lipinski definition) is 4. The van der Waals surface area contributed by atoms with Crippen molar-refractivity contribution in [2.75, 3.05) is 34.4 Å². The Morgan fingerprint density at radius 2 is 1.57 bits per heavy atom. The summed E-state index contributed by atoms with van der Waals surface area (Å²) in [6.45, 7) is 4.17. The Bertz CT molecular complexity index is 748. The molecule has 0 fully saturated rings. The van der Waals surface area contributed by atoms with E-state index in [9.17, 15) is 0 Å². The zero-order chi connectivity index (χ0) is 20.2. The van der Waals surface area contributed by atoms with Gasteiger partial charge in [0.2, 0.25) is 0 Å². The summed E-state index contributed by atoms with van der Waals surface area (Å²) in [5.74, 6) is 2.81. The number of rotatable bonds is 10. The number of aliphatic imine (C=N–C) groups is 1. The molecular formula is C22H31N3O3. The lowest BCUT2D eigenvalue weighted by atomic mass is 10.1. The molecule has 2 rings (SSSR count).